The summed E-state index contributed by atoms with van der Waals surface area (Å²) in [6, 6.07) is 10.2. The van der Waals surface area contributed by atoms with Crippen molar-refractivity contribution in [3.63, 3.8) is 0 Å². The number of aryl methyl sites for hydroxylation is 2. The van der Waals surface area contributed by atoms with Gasteiger partial charge in [0, 0.05) is 28.8 Å². The highest BCUT2D eigenvalue weighted by atomic mass is 79.9. The lowest BCUT2D eigenvalue weighted by Crippen LogP contribution is -2.16. The molecule has 1 unspecified atom stereocenters. The first-order chi connectivity index (χ1) is 8.58. The molecule has 0 fully saturated rings. The Morgan fingerprint density at radius 1 is 1.22 bits per heavy atom. The Bertz CT molecular complexity index is 552. The molecule has 2 N–H and O–H groups in total. The second kappa shape index (κ2) is 5.63. The highest BCUT2D eigenvalue weighted by molar-refractivity contribution is 9.10. The summed E-state index contributed by atoms with van der Waals surface area (Å²) in [6.07, 6.45) is 2.60. The van der Waals surface area contributed by atoms with Crippen LogP contribution >= 0.6 is 15.9 Å². The van der Waals surface area contributed by atoms with E-state index in [0.717, 1.165) is 16.6 Å². The quantitative estimate of drug-likeness (QED) is 0.939. The number of pyridine rings is 1. The Kier molecular flexibility index (Phi) is 4.15. The summed E-state index contributed by atoms with van der Waals surface area (Å²) < 4.78 is 1.09. The number of aromatic nitrogens is 1. The van der Waals surface area contributed by atoms with E-state index in [9.17, 15) is 0 Å². The summed E-state index contributed by atoms with van der Waals surface area (Å²) in [5.41, 5.74) is 11.0. The molecule has 0 aliphatic carbocycles. The van der Waals surface area contributed by atoms with E-state index in [4.69, 9.17) is 5.73 Å². The van der Waals surface area contributed by atoms with Crippen LogP contribution in [0.25, 0.3) is 0 Å². The number of nitrogens with zero attached hydrogens (tertiary/aromatic N) is 1. The highest BCUT2D eigenvalue weighted by Gasteiger charge is 2.12. The van der Waals surface area contributed by atoms with Crippen LogP contribution in [0.15, 0.2) is 41.0 Å². The Hall–Kier alpha value is -1.19. The van der Waals surface area contributed by atoms with Gasteiger partial charge in [-0.05, 0) is 48.7 Å². The number of nitrogens with two attached hydrogens (primary N) is 1. The van der Waals surface area contributed by atoms with Gasteiger partial charge < -0.3 is 5.73 Å². The Morgan fingerprint density at radius 2 is 2.00 bits per heavy atom. The van der Waals surface area contributed by atoms with Crippen LogP contribution in [0.4, 0.5) is 0 Å². The molecule has 0 saturated carbocycles. The van der Waals surface area contributed by atoms with E-state index >= 15 is 0 Å². The first-order valence-electron chi connectivity index (χ1n) is 6.00. The molecule has 0 aliphatic rings. The van der Waals surface area contributed by atoms with Crippen LogP contribution < -0.4 is 5.73 Å². The van der Waals surface area contributed by atoms with Gasteiger partial charge in [-0.25, -0.2) is 0 Å². The molecule has 18 heavy (non-hydrogen) atoms. The number of rotatable bonds is 3. The number of halogens is 1. The van der Waals surface area contributed by atoms with E-state index in [2.05, 4.69) is 53.0 Å². The van der Waals surface area contributed by atoms with Gasteiger partial charge in [-0.1, -0.05) is 28.1 Å². The van der Waals surface area contributed by atoms with Crippen LogP contribution in [-0.4, -0.2) is 4.98 Å². The van der Waals surface area contributed by atoms with Crippen molar-refractivity contribution in [2.24, 2.45) is 5.73 Å². The van der Waals surface area contributed by atoms with Crippen LogP contribution in [0.1, 0.15) is 28.4 Å². The van der Waals surface area contributed by atoms with E-state index in [1.54, 1.807) is 0 Å². The molecule has 0 saturated heterocycles. The van der Waals surface area contributed by atoms with E-state index < -0.39 is 0 Å². The Labute approximate surface area is 116 Å². The fourth-order valence-electron chi connectivity index (χ4n) is 2.11. The van der Waals surface area contributed by atoms with Crippen molar-refractivity contribution in [1.29, 1.82) is 0 Å². The molecule has 1 heterocycles. The molecule has 2 aromatic rings. The molecule has 1 aromatic carbocycles. The third-order valence-corrected chi connectivity index (χ3v) is 3.66. The Morgan fingerprint density at radius 3 is 2.67 bits per heavy atom. The molecule has 94 valence electrons. The maximum Gasteiger partial charge on any atom is 0.0451 e. The van der Waals surface area contributed by atoms with Gasteiger partial charge >= 0.3 is 0 Å². The third kappa shape index (κ3) is 2.98. The van der Waals surface area contributed by atoms with Gasteiger partial charge in [0.05, 0.1) is 0 Å². The number of hydrogen-bond donors (Lipinski definition) is 1. The molecule has 0 bridgehead atoms. The normalized spacial score (nSPS) is 12.4. The van der Waals surface area contributed by atoms with E-state index in [1.165, 1.54) is 16.7 Å². The lowest BCUT2D eigenvalue weighted by molar-refractivity contribution is 0.698. The zero-order valence-electron chi connectivity index (χ0n) is 10.7. The van der Waals surface area contributed by atoms with Gasteiger partial charge in [0.1, 0.15) is 0 Å². The van der Waals surface area contributed by atoms with Gasteiger partial charge in [-0.2, -0.15) is 0 Å². The molecule has 0 amide bonds. The SMILES string of the molecule is Cc1cc(Br)ccc1C(N)Cc1ncccc1C. The smallest absolute Gasteiger partial charge is 0.0451 e. The van der Waals surface area contributed by atoms with Crippen molar-refractivity contribution in [1.82, 2.24) is 4.98 Å². The number of hydrogen-bond acceptors (Lipinski definition) is 2. The van der Waals surface area contributed by atoms with Crippen LogP contribution in [-0.2, 0) is 6.42 Å². The van der Waals surface area contributed by atoms with Crippen LogP contribution in [0.2, 0.25) is 0 Å². The molecule has 1 aromatic heterocycles. The second-order valence-electron chi connectivity index (χ2n) is 4.58. The molecule has 1 atom stereocenters. The maximum atomic E-state index is 6.29. The summed E-state index contributed by atoms with van der Waals surface area (Å²) in [6.45, 7) is 4.16. The third-order valence-electron chi connectivity index (χ3n) is 3.16. The van der Waals surface area contributed by atoms with Crippen molar-refractivity contribution in [3.8, 4) is 0 Å². The molecule has 2 nitrogen and oxygen atoms in total. The van der Waals surface area contributed by atoms with Crippen molar-refractivity contribution < 1.29 is 0 Å². The molecule has 0 spiro atoms. The average Bonchev–Trinajstić information content (AvgIpc) is 2.32. The fraction of sp³-hybridized carbons (Fsp3) is 0.267. The fourth-order valence-corrected chi connectivity index (χ4v) is 2.58. The monoisotopic (exact) mass is 304 g/mol. The summed E-state index contributed by atoms with van der Waals surface area (Å²) in [5.74, 6) is 0. The Balaban J connectivity index is 2.22. The van der Waals surface area contributed by atoms with E-state index in [-0.39, 0.29) is 6.04 Å². The van der Waals surface area contributed by atoms with Gasteiger partial charge in [-0.15, -0.1) is 0 Å². The minimum Gasteiger partial charge on any atom is -0.324 e. The van der Waals surface area contributed by atoms with Crippen molar-refractivity contribution in [2.45, 2.75) is 26.3 Å². The standard InChI is InChI=1S/C15H17BrN2/c1-10-4-3-7-18-15(10)9-14(17)13-6-5-12(16)8-11(13)2/h3-8,14H,9,17H2,1-2H3. The zero-order chi connectivity index (χ0) is 13.1. The maximum absolute atomic E-state index is 6.29. The predicted molar refractivity (Wildman–Crippen MR) is 78.5 cm³/mol. The topological polar surface area (TPSA) is 38.9 Å². The van der Waals surface area contributed by atoms with E-state index in [1.807, 2.05) is 18.3 Å². The lowest BCUT2D eigenvalue weighted by atomic mass is 9.97. The van der Waals surface area contributed by atoms with Gasteiger partial charge in [0.2, 0.25) is 0 Å². The first kappa shape index (κ1) is 13.2. The lowest BCUT2D eigenvalue weighted by Gasteiger charge is -2.15. The first-order valence-corrected chi connectivity index (χ1v) is 6.79. The summed E-state index contributed by atoms with van der Waals surface area (Å²) in [7, 11) is 0. The number of benzene rings is 1. The van der Waals surface area contributed by atoms with Crippen molar-refractivity contribution in [2.75, 3.05) is 0 Å². The zero-order valence-corrected chi connectivity index (χ0v) is 12.2. The molecular formula is C15H17BrN2. The molecule has 2 rings (SSSR count). The van der Waals surface area contributed by atoms with Crippen LogP contribution in [0, 0.1) is 13.8 Å². The van der Waals surface area contributed by atoms with Crippen molar-refractivity contribution >= 4 is 15.9 Å². The molecular weight excluding hydrogens is 288 g/mol. The molecule has 0 aliphatic heterocycles. The predicted octanol–water partition coefficient (Wildman–Crippen LogP) is 3.70. The van der Waals surface area contributed by atoms with Crippen LogP contribution in [0.3, 0.4) is 0 Å². The van der Waals surface area contributed by atoms with Gasteiger partial charge in [0.15, 0.2) is 0 Å². The highest BCUT2D eigenvalue weighted by Crippen LogP contribution is 2.23. The second-order valence-corrected chi connectivity index (χ2v) is 5.49. The molecule has 3 heteroatoms. The average molecular weight is 305 g/mol. The largest absolute Gasteiger partial charge is 0.324 e. The van der Waals surface area contributed by atoms with Crippen LogP contribution in [0.5, 0.6) is 0 Å². The van der Waals surface area contributed by atoms with E-state index in [0.29, 0.717) is 0 Å². The minimum atomic E-state index is -0.00769. The van der Waals surface area contributed by atoms with Crippen molar-refractivity contribution in [3.05, 3.63) is 63.4 Å². The molecule has 0 radical (unpaired) electrons. The summed E-state index contributed by atoms with van der Waals surface area (Å²) >= 11 is 3.47. The van der Waals surface area contributed by atoms with Gasteiger partial charge in [-0.3, -0.25) is 4.98 Å². The minimum absolute atomic E-state index is 0.00769. The summed E-state index contributed by atoms with van der Waals surface area (Å²) in [5, 5.41) is 0. The summed E-state index contributed by atoms with van der Waals surface area (Å²) in [4.78, 5) is 4.40. The van der Waals surface area contributed by atoms with Gasteiger partial charge in [0.25, 0.3) is 0 Å².